The predicted octanol–water partition coefficient (Wildman–Crippen LogP) is 6.75. The molecule has 7 rings (SSSR count). The van der Waals surface area contributed by atoms with Crippen LogP contribution < -0.4 is 23.7 Å². The van der Waals surface area contributed by atoms with Crippen molar-refractivity contribution in [2.75, 3.05) is 46.8 Å². The smallest absolute Gasteiger partial charge is 0.343 e. The van der Waals surface area contributed by atoms with Gasteiger partial charge in [0, 0.05) is 5.41 Å². The first-order valence-corrected chi connectivity index (χ1v) is 16.4. The predicted molar refractivity (Wildman–Crippen MR) is 180 cm³/mol. The number of aryl methyl sites for hydroxylation is 2. The quantitative estimate of drug-likeness (QED) is 0.0419. The number of hydrogen-bond donors (Lipinski definition) is 0. The number of epoxide rings is 2. The van der Waals surface area contributed by atoms with Gasteiger partial charge in [-0.3, -0.25) is 0 Å². The van der Waals surface area contributed by atoms with Crippen LogP contribution >= 0.6 is 0 Å². The molecule has 2 aliphatic heterocycles. The summed E-state index contributed by atoms with van der Waals surface area (Å²) in [5, 5.41) is 0. The first-order valence-electron chi connectivity index (χ1n) is 16.4. The normalized spacial score (nSPS) is 17.9. The standard InChI is InChI=1S/C39H40O10/c1-24-13-26(45-21-41-17-30-19-43-30)5-9-32(24)38(40)49-29-7-11-34-33-10-6-28(15-35(33)39(3,4)36(34)16-29)47-23-48-37-12-8-27(14-25(37)2)46-22-42-18-31-20-44-31/h5-16,30-31H,17-23H2,1-4H3. The van der Waals surface area contributed by atoms with E-state index in [4.69, 9.17) is 42.6 Å². The zero-order chi connectivity index (χ0) is 34.0. The van der Waals surface area contributed by atoms with Crippen molar-refractivity contribution in [2.45, 2.75) is 45.3 Å². The summed E-state index contributed by atoms with van der Waals surface area (Å²) in [6.45, 7) is 11.0. The van der Waals surface area contributed by atoms with Gasteiger partial charge >= 0.3 is 5.97 Å². The van der Waals surface area contributed by atoms with Crippen LogP contribution in [0.3, 0.4) is 0 Å². The molecule has 3 aliphatic rings. The van der Waals surface area contributed by atoms with Gasteiger partial charge in [-0.25, -0.2) is 4.79 Å². The van der Waals surface area contributed by atoms with E-state index in [1.54, 1.807) is 18.2 Å². The Bertz CT molecular complexity index is 1820. The van der Waals surface area contributed by atoms with Crippen molar-refractivity contribution in [2.24, 2.45) is 0 Å². The van der Waals surface area contributed by atoms with Crippen molar-refractivity contribution in [3.63, 3.8) is 0 Å². The number of benzene rings is 4. The number of carbonyl (C=O) groups is 1. The third-order valence-electron chi connectivity index (χ3n) is 8.86. The Labute approximate surface area is 285 Å². The van der Waals surface area contributed by atoms with E-state index in [0.717, 1.165) is 46.6 Å². The number of rotatable bonds is 16. The minimum absolute atomic E-state index is 0.0496. The molecular formula is C39H40O10. The van der Waals surface area contributed by atoms with E-state index in [1.807, 2.05) is 56.3 Å². The summed E-state index contributed by atoms with van der Waals surface area (Å²) >= 11 is 0. The van der Waals surface area contributed by atoms with E-state index < -0.39 is 5.97 Å². The zero-order valence-electron chi connectivity index (χ0n) is 28.1. The molecule has 1 aliphatic carbocycles. The Hall–Kier alpha value is -4.61. The minimum Gasteiger partial charge on any atom is -0.468 e. The summed E-state index contributed by atoms with van der Waals surface area (Å²) in [4.78, 5) is 13.2. The van der Waals surface area contributed by atoms with Gasteiger partial charge in [0.15, 0.2) is 13.6 Å². The average Bonchev–Trinajstić information content (AvgIpc) is 4.03. The molecule has 2 unspecified atom stereocenters. The molecule has 10 nitrogen and oxygen atoms in total. The van der Waals surface area contributed by atoms with E-state index in [2.05, 4.69) is 26.0 Å². The van der Waals surface area contributed by atoms with E-state index in [9.17, 15) is 4.79 Å². The number of esters is 1. The summed E-state index contributed by atoms with van der Waals surface area (Å²) in [5.41, 5.74) is 6.20. The maximum absolute atomic E-state index is 13.2. The molecule has 0 saturated carbocycles. The van der Waals surface area contributed by atoms with Gasteiger partial charge in [-0.1, -0.05) is 26.0 Å². The Morgan fingerprint density at radius 2 is 1.16 bits per heavy atom. The highest BCUT2D eigenvalue weighted by Crippen LogP contribution is 2.50. The van der Waals surface area contributed by atoms with E-state index in [-0.39, 0.29) is 38.0 Å². The van der Waals surface area contributed by atoms with Gasteiger partial charge in [-0.05, 0) is 108 Å². The lowest BCUT2D eigenvalue weighted by atomic mass is 9.82. The van der Waals surface area contributed by atoms with Crippen molar-refractivity contribution in [1.29, 1.82) is 0 Å². The summed E-state index contributed by atoms with van der Waals surface area (Å²) < 4.78 is 50.3. The molecule has 2 fully saturated rings. The topological polar surface area (TPSA) is 107 Å². The van der Waals surface area contributed by atoms with Gasteiger partial charge < -0.3 is 42.6 Å². The van der Waals surface area contributed by atoms with Crippen molar-refractivity contribution in [1.82, 2.24) is 0 Å². The highest BCUT2D eigenvalue weighted by molar-refractivity contribution is 5.93. The Balaban J connectivity index is 0.942. The third kappa shape index (κ3) is 7.84. The fourth-order valence-corrected chi connectivity index (χ4v) is 5.91. The summed E-state index contributed by atoms with van der Waals surface area (Å²) in [5.74, 6) is 2.79. The summed E-state index contributed by atoms with van der Waals surface area (Å²) in [6, 6.07) is 22.7. The van der Waals surface area contributed by atoms with Crippen molar-refractivity contribution in [3.8, 4) is 39.9 Å². The fourth-order valence-electron chi connectivity index (χ4n) is 5.91. The first kappa shape index (κ1) is 32.9. The third-order valence-corrected chi connectivity index (χ3v) is 8.86. The highest BCUT2D eigenvalue weighted by Gasteiger charge is 2.36. The largest absolute Gasteiger partial charge is 0.468 e. The van der Waals surface area contributed by atoms with Crippen LogP contribution in [0, 0.1) is 13.8 Å². The van der Waals surface area contributed by atoms with Gasteiger partial charge in [-0.15, -0.1) is 0 Å². The van der Waals surface area contributed by atoms with E-state index >= 15 is 0 Å². The van der Waals surface area contributed by atoms with Crippen molar-refractivity contribution in [3.05, 3.63) is 101 Å². The Morgan fingerprint density at radius 1 is 0.653 bits per heavy atom. The molecule has 2 atom stereocenters. The highest BCUT2D eigenvalue weighted by atomic mass is 16.7. The van der Waals surface area contributed by atoms with Crippen LogP contribution in [0.4, 0.5) is 0 Å². The Kier molecular flexibility index (Phi) is 9.46. The fraction of sp³-hybridized carbons (Fsp3) is 0.359. The zero-order valence-corrected chi connectivity index (χ0v) is 28.1. The summed E-state index contributed by atoms with van der Waals surface area (Å²) in [6.07, 6.45) is 0.386. The Morgan fingerprint density at radius 3 is 1.76 bits per heavy atom. The maximum atomic E-state index is 13.2. The molecule has 0 spiro atoms. The second kappa shape index (κ2) is 14.1. The van der Waals surface area contributed by atoms with Crippen LogP contribution in [0.5, 0.6) is 28.7 Å². The second-order valence-corrected chi connectivity index (χ2v) is 12.9. The molecule has 2 heterocycles. The molecule has 0 amide bonds. The minimum atomic E-state index is -0.430. The van der Waals surface area contributed by atoms with Gasteiger partial charge in [0.25, 0.3) is 0 Å². The molecule has 49 heavy (non-hydrogen) atoms. The van der Waals surface area contributed by atoms with Gasteiger partial charge in [0.2, 0.25) is 6.79 Å². The molecular weight excluding hydrogens is 628 g/mol. The number of ether oxygens (including phenoxy) is 9. The average molecular weight is 669 g/mol. The van der Waals surface area contributed by atoms with Gasteiger partial charge in [0.05, 0.1) is 32.0 Å². The molecule has 0 radical (unpaired) electrons. The second-order valence-electron chi connectivity index (χ2n) is 12.9. The molecule has 2 saturated heterocycles. The monoisotopic (exact) mass is 668 g/mol. The SMILES string of the molecule is Cc1cc(OCOCC2CO2)ccc1OCOc1ccc2c(c1)C(C)(C)c1cc(OC(=O)c3ccc(OCOCC4CO4)cc3C)ccc1-2. The molecule has 256 valence electrons. The molecule has 0 aromatic heterocycles. The molecule has 4 aromatic rings. The first-order chi connectivity index (χ1) is 23.7. The maximum Gasteiger partial charge on any atom is 0.343 e. The van der Waals surface area contributed by atoms with Crippen LogP contribution in [0.1, 0.15) is 46.5 Å². The number of fused-ring (bicyclic) bond motifs is 3. The summed E-state index contributed by atoms with van der Waals surface area (Å²) in [7, 11) is 0. The van der Waals surface area contributed by atoms with Crippen molar-refractivity contribution >= 4 is 5.97 Å². The number of carbonyl (C=O) groups excluding carboxylic acids is 1. The lowest BCUT2D eigenvalue weighted by Gasteiger charge is -2.22. The van der Waals surface area contributed by atoms with Crippen molar-refractivity contribution < 1.29 is 47.4 Å². The van der Waals surface area contributed by atoms with Crippen LogP contribution in [-0.2, 0) is 24.4 Å². The molecule has 4 aromatic carbocycles. The van der Waals surface area contributed by atoms with Crippen LogP contribution in [0.25, 0.3) is 11.1 Å². The lowest BCUT2D eigenvalue weighted by Crippen LogP contribution is -2.16. The van der Waals surface area contributed by atoms with E-state index in [1.165, 1.54) is 0 Å². The van der Waals surface area contributed by atoms with Gasteiger partial charge in [-0.2, -0.15) is 0 Å². The lowest BCUT2D eigenvalue weighted by molar-refractivity contribution is 0.00803. The molecule has 10 heteroatoms. The van der Waals surface area contributed by atoms with Gasteiger partial charge in [0.1, 0.15) is 41.0 Å². The number of hydrogen-bond acceptors (Lipinski definition) is 10. The van der Waals surface area contributed by atoms with Crippen LogP contribution in [0.15, 0.2) is 72.8 Å². The molecule has 0 bridgehead atoms. The van der Waals surface area contributed by atoms with Crippen LogP contribution in [-0.4, -0.2) is 65.0 Å². The van der Waals surface area contributed by atoms with E-state index in [0.29, 0.717) is 47.5 Å². The van der Waals surface area contributed by atoms with Crippen LogP contribution in [0.2, 0.25) is 0 Å². The molecule has 0 N–H and O–H groups in total.